The molecule has 5 heteroatoms. The summed E-state index contributed by atoms with van der Waals surface area (Å²) in [6.45, 7) is 5.28. The Bertz CT molecular complexity index is 373. The minimum atomic E-state index is -0.905. The fourth-order valence-corrected chi connectivity index (χ4v) is 1.83. The number of aliphatic carboxylic acids is 1. The van der Waals surface area contributed by atoms with E-state index in [1.807, 2.05) is 6.92 Å². The number of nitrogens with zero attached hydrogens (tertiary/aromatic N) is 1. The molecule has 1 aliphatic rings. The van der Waals surface area contributed by atoms with E-state index in [1.54, 1.807) is 13.8 Å². The maximum Gasteiger partial charge on any atom is 0.303 e. The first-order valence-electron chi connectivity index (χ1n) is 5.63. The van der Waals surface area contributed by atoms with Gasteiger partial charge in [-0.05, 0) is 19.8 Å². The zero-order valence-corrected chi connectivity index (χ0v) is 10.3. The van der Waals surface area contributed by atoms with Crippen molar-refractivity contribution < 1.29 is 19.5 Å². The standard InChI is InChI=1S/C12H17NO4/c1-4-9(5-10(14)15)6-13-11(16)7(2)8(3)12(13)17/h9H,4-6H2,1-3H3,(H,14,15). The van der Waals surface area contributed by atoms with Crippen LogP contribution < -0.4 is 0 Å². The van der Waals surface area contributed by atoms with Gasteiger partial charge < -0.3 is 5.11 Å². The van der Waals surface area contributed by atoms with Crippen LogP contribution in [0.1, 0.15) is 33.6 Å². The summed E-state index contributed by atoms with van der Waals surface area (Å²) in [5, 5.41) is 8.73. The molecule has 5 nitrogen and oxygen atoms in total. The Hall–Kier alpha value is -1.65. The molecule has 94 valence electrons. The Balaban J connectivity index is 2.74. The number of rotatable bonds is 5. The van der Waals surface area contributed by atoms with Crippen molar-refractivity contribution in [2.24, 2.45) is 5.92 Å². The van der Waals surface area contributed by atoms with Crippen LogP contribution in [0.15, 0.2) is 11.1 Å². The van der Waals surface area contributed by atoms with Crippen molar-refractivity contribution in [3.05, 3.63) is 11.1 Å². The largest absolute Gasteiger partial charge is 0.481 e. The average Bonchev–Trinajstić information content (AvgIpc) is 2.45. The van der Waals surface area contributed by atoms with Gasteiger partial charge in [-0.1, -0.05) is 13.3 Å². The molecule has 2 amide bonds. The highest BCUT2D eigenvalue weighted by atomic mass is 16.4. The number of amides is 2. The summed E-state index contributed by atoms with van der Waals surface area (Å²) in [5.74, 6) is -1.68. The lowest BCUT2D eigenvalue weighted by Gasteiger charge is -2.20. The average molecular weight is 239 g/mol. The van der Waals surface area contributed by atoms with Gasteiger partial charge in [0.05, 0.1) is 0 Å². The molecular formula is C12H17NO4. The van der Waals surface area contributed by atoms with Crippen LogP contribution in [0.4, 0.5) is 0 Å². The predicted octanol–water partition coefficient (Wildman–Crippen LogP) is 1.19. The smallest absolute Gasteiger partial charge is 0.303 e. The monoisotopic (exact) mass is 239 g/mol. The predicted molar refractivity (Wildman–Crippen MR) is 61.1 cm³/mol. The Morgan fingerprint density at radius 1 is 1.24 bits per heavy atom. The zero-order valence-electron chi connectivity index (χ0n) is 10.3. The molecule has 0 bridgehead atoms. The molecule has 1 unspecified atom stereocenters. The third-order valence-corrected chi connectivity index (χ3v) is 3.18. The molecule has 1 N–H and O–H groups in total. The van der Waals surface area contributed by atoms with Gasteiger partial charge in [0.15, 0.2) is 0 Å². The Morgan fingerprint density at radius 2 is 1.71 bits per heavy atom. The molecule has 1 atom stereocenters. The molecule has 1 rings (SSSR count). The first-order chi connectivity index (χ1) is 7.88. The lowest BCUT2D eigenvalue weighted by Crippen LogP contribution is -2.36. The summed E-state index contributed by atoms with van der Waals surface area (Å²) in [7, 11) is 0. The number of carbonyl (C=O) groups is 3. The van der Waals surface area contributed by atoms with Crippen LogP contribution in [0.5, 0.6) is 0 Å². The maximum atomic E-state index is 11.8. The molecule has 17 heavy (non-hydrogen) atoms. The molecule has 0 aromatic carbocycles. The van der Waals surface area contributed by atoms with E-state index in [2.05, 4.69) is 0 Å². The third kappa shape index (κ3) is 2.72. The molecule has 0 aromatic rings. The number of carboxylic acids is 1. The van der Waals surface area contributed by atoms with E-state index in [1.165, 1.54) is 0 Å². The van der Waals surface area contributed by atoms with Gasteiger partial charge >= 0.3 is 5.97 Å². The maximum absolute atomic E-state index is 11.8. The quantitative estimate of drug-likeness (QED) is 0.731. The molecule has 1 aliphatic heterocycles. The van der Waals surface area contributed by atoms with Crippen LogP contribution in [0, 0.1) is 5.92 Å². The molecule has 0 fully saturated rings. The fourth-order valence-electron chi connectivity index (χ4n) is 1.83. The third-order valence-electron chi connectivity index (χ3n) is 3.18. The summed E-state index contributed by atoms with van der Waals surface area (Å²) in [6.07, 6.45) is 0.604. The van der Waals surface area contributed by atoms with Gasteiger partial charge in [0.1, 0.15) is 0 Å². The number of hydrogen-bond acceptors (Lipinski definition) is 3. The summed E-state index contributed by atoms with van der Waals surface area (Å²) < 4.78 is 0. The highest BCUT2D eigenvalue weighted by Crippen LogP contribution is 2.22. The second kappa shape index (κ2) is 5.12. The van der Waals surface area contributed by atoms with Crippen molar-refractivity contribution in [2.45, 2.75) is 33.6 Å². The lowest BCUT2D eigenvalue weighted by molar-refractivity contribution is -0.142. The minimum Gasteiger partial charge on any atom is -0.481 e. The Labute approximate surface area is 100 Å². The lowest BCUT2D eigenvalue weighted by atomic mass is 10.0. The SMILES string of the molecule is CCC(CC(=O)O)CN1C(=O)C(C)=C(C)C1=O. The van der Waals surface area contributed by atoms with Crippen LogP contribution in [0.25, 0.3) is 0 Å². The van der Waals surface area contributed by atoms with Crippen molar-refractivity contribution in [3.8, 4) is 0 Å². The molecule has 1 heterocycles. The van der Waals surface area contributed by atoms with E-state index in [9.17, 15) is 14.4 Å². The minimum absolute atomic E-state index is 0.0222. The summed E-state index contributed by atoms with van der Waals surface area (Å²) >= 11 is 0. The van der Waals surface area contributed by atoms with Gasteiger partial charge in [0.2, 0.25) is 0 Å². The van der Waals surface area contributed by atoms with Crippen LogP contribution >= 0.6 is 0 Å². The molecule has 0 saturated heterocycles. The van der Waals surface area contributed by atoms with Crippen molar-refractivity contribution in [3.63, 3.8) is 0 Å². The highest BCUT2D eigenvalue weighted by Gasteiger charge is 2.34. The van der Waals surface area contributed by atoms with Crippen molar-refractivity contribution in [1.29, 1.82) is 0 Å². The molecule has 0 aromatic heterocycles. The first-order valence-corrected chi connectivity index (χ1v) is 5.63. The van der Waals surface area contributed by atoms with Gasteiger partial charge in [0, 0.05) is 24.1 Å². The molecule has 0 saturated carbocycles. The Morgan fingerprint density at radius 3 is 2.06 bits per heavy atom. The number of carbonyl (C=O) groups excluding carboxylic acids is 2. The summed E-state index contributed by atoms with van der Waals surface area (Å²) in [6, 6.07) is 0. The first kappa shape index (κ1) is 13.4. The second-order valence-electron chi connectivity index (χ2n) is 4.34. The second-order valence-corrected chi connectivity index (χ2v) is 4.34. The van der Waals surface area contributed by atoms with Crippen molar-refractivity contribution >= 4 is 17.8 Å². The van der Waals surface area contributed by atoms with Gasteiger partial charge in [-0.3, -0.25) is 19.3 Å². The van der Waals surface area contributed by atoms with E-state index in [4.69, 9.17) is 5.11 Å². The van der Waals surface area contributed by atoms with Crippen LogP contribution in [0.2, 0.25) is 0 Å². The van der Waals surface area contributed by atoms with E-state index >= 15 is 0 Å². The van der Waals surface area contributed by atoms with Gasteiger partial charge in [-0.25, -0.2) is 0 Å². The van der Waals surface area contributed by atoms with Gasteiger partial charge in [-0.15, -0.1) is 0 Å². The van der Waals surface area contributed by atoms with E-state index in [0.29, 0.717) is 17.6 Å². The van der Waals surface area contributed by atoms with Gasteiger partial charge in [0.25, 0.3) is 11.8 Å². The molecule has 0 aliphatic carbocycles. The number of hydrogen-bond donors (Lipinski definition) is 1. The highest BCUT2D eigenvalue weighted by molar-refractivity contribution is 6.18. The van der Waals surface area contributed by atoms with Crippen LogP contribution in [-0.4, -0.2) is 34.3 Å². The van der Waals surface area contributed by atoms with E-state index in [-0.39, 0.29) is 30.7 Å². The fraction of sp³-hybridized carbons (Fsp3) is 0.583. The van der Waals surface area contributed by atoms with Crippen LogP contribution in [-0.2, 0) is 14.4 Å². The van der Waals surface area contributed by atoms with E-state index in [0.717, 1.165) is 4.90 Å². The number of imide groups is 1. The number of carboxylic acid groups (broad SMARTS) is 1. The van der Waals surface area contributed by atoms with Crippen LogP contribution in [0.3, 0.4) is 0 Å². The molecule has 0 radical (unpaired) electrons. The normalized spacial score (nSPS) is 17.9. The molecule has 0 spiro atoms. The van der Waals surface area contributed by atoms with E-state index < -0.39 is 5.97 Å². The summed E-state index contributed by atoms with van der Waals surface area (Å²) in [5.41, 5.74) is 0.917. The molecular weight excluding hydrogens is 222 g/mol. The Kier molecular flexibility index (Phi) is 4.04. The zero-order chi connectivity index (χ0) is 13.2. The van der Waals surface area contributed by atoms with Crippen molar-refractivity contribution in [1.82, 2.24) is 4.90 Å². The topological polar surface area (TPSA) is 74.7 Å². The summed E-state index contributed by atoms with van der Waals surface area (Å²) in [4.78, 5) is 35.3. The van der Waals surface area contributed by atoms with Crippen molar-refractivity contribution in [2.75, 3.05) is 6.54 Å². The van der Waals surface area contributed by atoms with Gasteiger partial charge in [-0.2, -0.15) is 0 Å².